The van der Waals surface area contributed by atoms with Gasteiger partial charge in [0.05, 0.1) is 12.5 Å². The van der Waals surface area contributed by atoms with Gasteiger partial charge in [-0.05, 0) is 25.2 Å². The maximum Gasteiger partial charge on any atom is 0.225 e. The van der Waals surface area contributed by atoms with E-state index in [9.17, 15) is 4.79 Å². The average Bonchev–Trinajstić information content (AvgIpc) is 2.87. The molecule has 1 aliphatic heterocycles. The third-order valence-corrected chi connectivity index (χ3v) is 3.88. The average molecular weight is 232 g/mol. The second-order valence-electron chi connectivity index (χ2n) is 4.52. The van der Waals surface area contributed by atoms with Gasteiger partial charge in [-0.15, -0.1) is 11.6 Å². The molecule has 0 aromatic heterocycles. The summed E-state index contributed by atoms with van der Waals surface area (Å²) in [6.07, 6.45) is 4.28. The van der Waals surface area contributed by atoms with Crippen LogP contribution < -0.4 is 5.32 Å². The number of hydrogen-bond acceptors (Lipinski definition) is 2. The molecule has 0 aromatic carbocycles. The standard InChI is InChI=1S/C11H18ClNO2/c12-6-8-2-1-3-10(8)13-11(14)9-4-5-15-7-9/h8-10H,1-7H2,(H,13,14). The van der Waals surface area contributed by atoms with E-state index in [2.05, 4.69) is 5.32 Å². The molecule has 1 saturated carbocycles. The molecular weight excluding hydrogens is 214 g/mol. The molecule has 15 heavy (non-hydrogen) atoms. The molecule has 1 amide bonds. The highest BCUT2D eigenvalue weighted by Gasteiger charge is 2.31. The molecule has 4 heteroatoms. The number of nitrogens with one attached hydrogen (secondary N) is 1. The van der Waals surface area contributed by atoms with Crippen molar-refractivity contribution in [3.63, 3.8) is 0 Å². The maximum atomic E-state index is 11.8. The molecule has 3 atom stereocenters. The number of hydrogen-bond donors (Lipinski definition) is 1. The fraction of sp³-hybridized carbons (Fsp3) is 0.909. The Kier molecular flexibility index (Phi) is 3.87. The van der Waals surface area contributed by atoms with Crippen LogP contribution in [-0.2, 0) is 9.53 Å². The Bertz CT molecular complexity index is 229. The van der Waals surface area contributed by atoms with E-state index >= 15 is 0 Å². The van der Waals surface area contributed by atoms with Crippen molar-refractivity contribution in [2.75, 3.05) is 19.1 Å². The Morgan fingerprint density at radius 1 is 1.40 bits per heavy atom. The number of rotatable bonds is 3. The van der Waals surface area contributed by atoms with E-state index in [0.717, 1.165) is 25.9 Å². The number of ether oxygens (including phenoxy) is 1. The van der Waals surface area contributed by atoms with Gasteiger partial charge in [-0.3, -0.25) is 4.79 Å². The van der Waals surface area contributed by atoms with E-state index in [1.165, 1.54) is 6.42 Å². The monoisotopic (exact) mass is 231 g/mol. The first-order valence-electron chi connectivity index (χ1n) is 5.75. The van der Waals surface area contributed by atoms with E-state index in [4.69, 9.17) is 16.3 Å². The number of halogens is 1. The third kappa shape index (κ3) is 2.64. The summed E-state index contributed by atoms with van der Waals surface area (Å²) in [6.45, 7) is 1.31. The summed E-state index contributed by atoms with van der Waals surface area (Å²) in [6, 6.07) is 0.301. The molecule has 2 fully saturated rings. The van der Waals surface area contributed by atoms with Gasteiger partial charge in [0.1, 0.15) is 0 Å². The lowest BCUT2D eigenvalue weighted by molar-refractivity contribution is -0.125. The highest BCUT2D eigenvalue weighted by Crippen LogP contribution is 2.27. The minimum Gasteiger partial charge on any atom is -0.381 e. The number of carbonyl (C=O) groups is 1. The lowest BCUT2D eigenvalue weighted by Gasteiger charge is -2.20. The summed E-state index contributed by atoms with van der Waals surface area (Å²) in [5, 5.41) is 3.12. The molecule has 2 rings (SSSR count). The molecule has 0 aromatic rings. The van der Waals surface area contributed by atoms with Gasteiger partial charge in [0.25, 0.3) is 0 Å². The summed E-state index contributed by atoms with van der Waals surface area (Å²) in [4.78, 5) is 11.8. The molecule has 0 bridgehead atoms. The van der Waals surface area contributed by atoms with Crippen LogP contribution in [0.1, 0.15) is 25.7 Å². The summed E-state index contributed by atoms with van der Waals surface area (Å²) < 4.78 is 5.21. The van der Waals surface area contributed by atoms with Crippen molar-refractivity contribution in [3.05, 3.63) is 0 Å². The largest absolute Gasteiger partial charge is 0.381 e. The first kappa shape index (κ1) is 11.2. The summed E-state index contributed by atoms with van der Waals surface area (Å²) in [5.74, 6) is 1.36. The maximum absolute atomic E-state index is 11.8. The van der Waals surface area contributed by atoms with Crippen LogP contribution in [0, 0.1) is 11.8 Å². The van der Waals surface area contributed by atoms with E-state index in [0.29, 0.717) is 24.4 Å². The van der Waals surface area contributed by atoms with Gasteiger partial charge < -0.3 is 10.1 Å². The third-order valence-electron chi connectivity index (χ3n) is 3.49. The lowest BCUT2D eigenvalue weighted by Crippen LogP contribution is -2.41. The second kappa shape index (κ2) is 5.17. The lowest BCUT2D eigenvalue weighted by atomic mass is 10.0. The van der Waals surface area contributed by atoms with Crippen LogP contribution in [0.15, 0.2) is 0 Å². The van der Waals surface area contributed by atoms with Gasteiger partial charge in [-0.2, -0.15) is 0 Å². The van der Waals surface area contributed by atoms with Crippen LogP contribution in [0.25, 0.3) is 0 Å². The van der Waals surface area contributed by atoms with Crippen LogP contribution in [0.5, 0.6) is 0 Å². The van der Waals surface area contributed by atoms with E-state index in [-0.39, 0.29) is 11.8 Å². The van der Waals surface area contributed by atoms with Gasteiger partial charge in [0, 0.05) is 18.5 Å². The van der Waals surface area contributed by atoms with Crippen molar-refractivity contribution in [3.8, 4) is 0 Å². The van der Waals surface area contributed by atoms with E-state index in [1.807, 2.05) is 0 Å². The molecule has 1 aliphatic carbocycles. The number of alkyl halides is 1. The van der Waals surface area contributed by atoms with Crippen LogP contribution in [0.2, 0.25) is 0 Å². The van der Waals surface area contributed by atoms with Crippen molar-refractivity contribution in [2.24, 2.45) is 11.8 Å². The topological polar surface area (TPSA) is 38.3 Å². The Balaban J connectivity index is 1.82. The fourth-order valence-electron chi connectivity index (χ4n) is 2.45. The Hall–Kier alpha value is -0.280. The predicted octanol–water partition coefficient (Wildman–Crippen LogP) is 1.55. The molecule has 1 saturated heterocycles. The van der Waals surface area contributed by atoms with Gasteiger partial charge >= 0.3 is 0 Å². The highest BCUT2D eigenvalue weighted by molar-refractivity contribution is 6.18. The predicted molar refractivity (Wildman–Crippen MR) is 58.9 cm³/mol. The second-order valence-corrected chi connectivity index (χ2v) is 4.83. The molecule has 1 N–H and O–H groups in total. The molecule has 86 valence electrons. The number of carbonyl (C=O) groups excluding carboxylic acids is 1. The molecule has 1 heterocycles. The molecule has 0 spiro atoms. The van der Waals surface area contributed by atoms with Crippen molar-refractivity contribution in [1.29, 1.82) is 0 Å². The Labute approximate surface area is 95.5 Å². The minimum absolute atomic E-state index is 0.0709. The molecule has 2 aliphatic rings. The van der Waals surface area contributed by atoms with Gasteiger partial charge in [-0.25, -0.2) is 0 Å². The smallest absolute Gasteiger partial charge is 0.225 e. The first-order valence-corrected chi connectivity index (χ1v) is 6.29. The quantitative estimate of drug-likeness (QED) is 0.749. The zero-order valence-corrected chi connectivity index (χ0v) is 9.63. The van der Waals surface area contributed by atoms with Crippen molar-refractivity contribution < 1.29 is 9.53 Å². The normalized spacial score (nSPS) is 35.7. The molecule has 3 unspecified atom stereocenters. The summed E-state index contributed by atoms with van der Waals surface area (Å²) >= 11 is 5.87. The highest BCUT2D eigenvalue weighted by atomic mass is 35.5. The summed E-state index contributed by atoms with van der Waals surface area (Å²) in [5.41, 5.74) is 0. The van der Waals surface area contributed by atoms with Crippen molar-refractivity contribution >= 4 is 17.5 Å². The van der Waals surface area contributed by atoms with Crippen LogP contribution in [0.3, 0.4) is 0 Å². The van der Waals surface area contributed by atoms with Crippen molar-refractivity contribution in [2.45, 2.75) is 31.7 Å². The molecule has 0 radical (unpaired) electrons. The number of amides is 1. The van der Waals surface area contributed by atoms with Gasteiger partial charge in [0.2, 0.25) is 5.91 Å². The van der Waals surface area contributed by atoms with Gasteiger partial charge in [0.15, 0.2) is 0 Å². The Morgan fingerprint density at radius 2 is 2.27 bits per heavy atom. The molecule has 3 nitrogen and oxygen atoms in total. The SMILES string of the molecule is O=C(NC1CCCC1CCl)C1CCOC1. The van der Waals surface area contributed by atoms with E-state index < -0.39 is 0 Å². The minimum atomic E-state index is 0.0709. The van der Waals surface area contributed by atoms with E-state index in [1.54, 1.807) is 0 Å². The van der Waals surface area contributed by atoms with Crippen LogP contribution >= 0.6 is 11.6 Å². The Morgan fingerprint density at radius 3 is 2.93 bits per heavy atom. The fourth-order valence-corrected chi connectivity index (χ4v) is 2.82. The van der Waals surface area contributed by atoms with Crippen LogP contribution in [-0.4, -0.2) is 31.0 Å². The first-order chi connectivity index (χ1) is 7.31. The molecular formula is C11H18ClNO2. The van der Waals surface area contributed by atoms with Gasteiger partial charge in [-0.1, -0.05) is 6.42 Å². The zero-order chi connectivity index (χ0) is 10.7. The van der Waals surface area contributed by atoms with Crippen molar-refractivity contribution in [1.82, 2.24) is 5.32 Å². The van der Waals surface area contributed by atoms with Crippen LogP contribution in [0.4, 0.5) is 0 Å². The summed E-state index contributed by atoms with van der Waals surface area (Å²) in [7, 11) is 0. The zero-order valence-electron chi connectivity index (χ0n) is 8.88.